The molecule has 1 saturated carbocycles. The van der Waals surface area contributed by atoms with E-state index in [0.29, 0.717) is 17.8 Å². The molecule has 24 heavy (non-hydrogen) atoms. The molecule has 1 atom stereocenters. The number of thiazole rings is 1. The molecule has 2 N–H and O–H groups in total. The van der Waals surface area contributed by atoms with Crippen LogP contribution in [0.4, 0.5) is 5.13 Å². The van der Waals surface area contributed by atoms with E-state index in [9.17, 15) is 4.79 Å². The minimum Gasteiger partial charge on any atom is -0.466 e. The normalized spacial score (nSPS) is 21.0. The van der Waals surface area contributed by atoms with E-state index in [2.05, 4.69) is 15.6 Å². The number of carbonyl (C=O) groups excluding carboxylic acids is 1. The van der Waals surface area contributed by atoms with Gasteiger partial charge in [-0.2, -0.15) is 0 Å². The van der Waals surface area contributed by atoms with Crippen LogP contribution in [0.3, 0.4) is 0 Å². The Morgan fingerprint density at radius 1 is 1.33 bits per heavy atom. The van der Waals surface area contributed by atoms with Gasteiger partial charge in [-0.25, -0.2) is 4.98 Å². The average molecular weight is 368 g/mol. The monoisotopic (exact) mass is 367 g/mol. The van der Waals surface area contributed by atoms with E-state index in [1.807, 2.05) is 6.92 Å². The molecule has 0 aliphatic heterocycles. The van der Waals surface area contributed by atoms with E-state index in [-0.39, 0.29) is 11.9 Å². The van der Waals surface area contributed by atoms with Crippen molar-refractivity contribution in [1.29, 1.82) is 0 Å². The highest BCUT2D eigenvalue weighted by atomic mass is 32.1. The lowest BCUT2D eigenvalue weighted by molar-refractivity contribution is -0.148. The first-order chi connectivity index (χ1) is 11.7. The van der Waals surface area contributed by atoms with E-state index in [4.69, 9.17) is 17.0 Å². The van der Waals surface area contributed by atoms with E-state index >= 15 is 0 Å². The third kappa shape index (κ3) is 4.45. The number of carbonyl (C=O) groups is 1. The number of anilines is 1. The van der Waals surface area contributed by atoms with E-state index < -0.39 is 0 Å². The van der Waals surface area contributed by atoms with Crippen LogP contribution in [0, 0.1) is 5.92 Å². The number of nitrogens with zero attached hydrogens (tertiary/aromatic N) is 1. The highest BCUT2D eigenvalue weighted by Crippen LogP contribution is 2.33. The van der Waals surface area contributed by atoms with Gasteiger partial charge in [0.1, 0.15) is 0 Å². The van der Waals surface area contributed by atoms with Gasteiger partial charge in [0.2, 0.25) is 0 Å². The summed E-state index contributed by atoms with van der Waals surface area (Å²) in [6, 6.07) is 0.488. The molecule has 0 amide bonds. The van der Waals surface area contributed by atoms with Crippen LogP contribution in [-0.2, 0) is 22.4 Å². The Bertz CT molecular complexity index is 597. The number of esters is 1. The van der Waals surface area contributed by atoms with Crippen LogP contribution in [-0.4, -0.2) is 28.7 Å². The summed E-state index contributed by atoms with van der Waals surface area (Å²) in [4.78, 5) is 17.8. The van der Waals surface area contributed by atoms with Gasteiger partial charge < -0.3 is 15.4 Å². The Balaban J connectivity index is 1.55. The minimum absolute atomic E-state index is 0.0296. The smallest absolute Gasteiger partial charge is 0.309 e. The van der Waals surface area contributed by atoms with E-state index in [0.717, 1.165) is 30.1 Å². The Kier molecular flexibility index (Phi) is 6.05. The Labute approximate surface area is 152 Å². The highest BCUT2D eigenvalue weighted by Gasteiger charge is 2.28. The zero-order chi connectivity index (χ0) is 16.9. The SMILES string of the molecule is CCOC(=O)C1CCc2nc(NC(=S)NC3CCCCC3)sc2C1. The Morgan fingerprint density at radius 2 is 2.12 bits per heavy atom. The first-order valence-electron chi connectivity index (χ1n) is 8.88. The number of hydrogen-bond donors (Lipinski definition) is 2. The molecule has 1 fully saturated rings. The van der Waals surface area contributed by atoms with Gasteiger partial charge in [-0.15, -0.1) is 11.3 Å². The fraction of sp³-hybridized carbons (Fsp3) is 0.706. The molecule has 1 aromatic heterocycles. The summed E-state index contributed by atoms with van der Waals surface area (Å²) in [5.41, 5.74) is 1.10. The molecule has 0 saturated heterocycles. The van der Waals surface area contributed by atoms with Gasteiger partial charge in [-0.05, 0) is 51.2 Å². The summed E-state index contributed by atoms with van der Waals surface area (Å²) in [6.07, 6.45) is 8.66. The topological polar surface area (TPSA) is 63.2 Å². The Morgan fingerprint density at radius 3 is 2.88 bits per heavy atom. The number of hydrogen-bond acceptors (Lipinski definition) is 5. The zero-order valence-electron chi connectivity index (χ0n) is 14.1. The van der Waals surface area contributed by atoms with Crippen molar-refractivity contribution < 1.29 is 9.53 Å². The van der Waals surface area contributed by atoms with Crippen molar-refractivity contribution in [1.82, 2.24) is 10.3 Å². The fourth-order valence-electron chi connectivity index (χ4n) is 3.46. The number of rotatable bonds is 4. The molecule has 3 rings (SSSR count). The molecule has 2 aliphatic carbocycles. The predicted molar refractivity (Wildman–Crippen MR) is 100 cm³/mol. The maximum Gasteiger partial charge on any atom is 0.309 e. The predicted octanol–water partition coefficient (Wildman–Crippen LogP) is 3.43. The number of ether oxygens (including phenoxy) is 1. The summed E-state index contributed by atoms with van der Waals surface area (Å²) in [7, 11) is 0. The number of nitrogens with one attached hydrogen (secondary N) is 2. The second-order valence-corrected chi connectivity index (χ2v) is 8.01. The number of aryl methyl sites for hydroxylation is 1. The molecule has 0 radical (unpaired) electrons. The largest absolute Gasteiger partial charge is 0.466 e. The molecule has 1 unspecified atom stereocenters. The lowest BCUT2D eigenvalue weighted by atomic mass is 9.91. The Hall–Kier alpha value is -1.21. The molecular weight excluding hydrogens is 342 g/mol. The fourth-order valence-corrected chi connectivity index (χ4v) is 4.88. The van der Waals surface area contributed by atoms with Crippen LogP contribution >= 0.6 is 23.6 Å². The first-order valence-corrected chi connectivity index (χ1v) is 10.1. The quantitative estimate of drug-likeness (QED) is 0.628. The molecule has 0 bridgehead atoms. The van der Waals surface area contributed by atoms with Gasteiger partial charge in [0, 0.05) is 10.9 Å². The number of thiocarbonyl (C=S) groups is 1. The van der Waals surface area contributed by atoms with Gasteiger partial charge in [0.25, 0.3) is 0 Å². The van der Waals surface area contributed by atoms with Gasteiger partial charge in [0.15, 0.2) is 10.2 Å². The molecule has 0 spiro atoms. The van der Waals surface area contributed by atoms with Crippen molar-refractivity contribution in [2.45, 2.75) is 64.3 Å². The van der Waals surface area contributed by atoms with E-state index in [1.54, 1.807) is 11.3 Å². The van der Waals surface area contributed by atoms with Crippen molar-refractivity contribution in [3.05, 3.63) is 10.6 Å². The van der Waals surface area contributed by atoms with Crippen molar-refractivity contribution in [2.75, 3.05) is 11.9 Å². The summed E-state index contributed by atoms with van der Waals surface area (Å²) < 4.78 is 5.15. The van der Waals surface area contributed by atoms with Gasteiger partial charge >= 0.3 is 5.97 Å². The summed E-state index contributed by atoms with van der Waals surface area (Å²) in [5, 5.41) is 8.12. The summed E-state index contributed by atoms with van der Waals surface area (Å²) in [5.74, 6) is -0.112. The van der Waals surface area contributed by atoms with Crippen molar-refractivity contribution in [3.63, 3.8) is 0 Å². The second-order valence-electron chi connectivity index (χ2n) is 6.51. The maximum absolute atomic E-state index is 11.9. The lowest BCUT2D eigenvalue weighted by Gasteiger charge is -2.23. The third-order valence-electron chi connectivity index (χ3n) is 4.72. The molecule has 1 heterocycles. The van der Waals surface area contributed by atoms with Crippen molar-refractivity contribution in [2.24, 2.45) is 5.92 Å². The van der Waals surface area contributed by atoms with Crippen LogP contribution in [0.1, 0.15) is 56.0 Å². The average Bonchev–Trinajstić information content (AvgIpc) is 2.97. The van der Waals surface area contributed by atoms with Crippen LogP contribution in [0.2, 0.25) is 0 Å². The number of fused-ring (bicyclic) bond motifs is 1. The summed E-state index contributed by atoms with van der Waals surface area (Å²) >= 11 is 7.03. The molecule has 5 nitrogen and oxygen atoms in total. The van der Waals surface area contributed by atoms with Crippen molar-refractivity contribution in [3.8, 4) is 0 Å². The van der Waals surface area contributed by atoms with Crippen LogP contribution in [0.15, 0.2) is 0 Å². The van der Waals surface area contributed by atoms with Crippen molar-refractivity contribution >= 4 is 39.8 Å². The van der Waals surface area contributed by atoms with E-state index in [1.165, 1.54) is 37.0 Å². The highest BCUT2D eigenvalue weighted by molar-refractivity contribution is 7.80. The van der Waals surface area contributed by atoms with Crippen LogP contribution in [0.25, 0.3) is 0 Å². The summed E-state index contributed by atoms with van der Waals surface area (Å²) in [6.45, 7) is 2.29. The molecule has 132 valence electrons. The molecule has 2 aliphatic rings. The van der Waals surface area contributed by atoms with Crippen LogP contribution < -0.4 is 10.6 Å². The van der Waals surface area contributed by atoms with Gasteiger partial charge in [0.05, 0.1) is 18.2 Å². The standard InChI is InChI=1S/C17H25N3O2S2/c1-2-22-15(21)11-8-9-13-14(10-11)24-17(19-13)20-16(23)18-12-6-4-3-5-7-12/h11-12H,2-10H2,1H3,(H2,18,19,20,23). The lowest BCUT2D eigenvalue weighted by Crippen LogP contribution is -2.38. The first kappa shape index (κ1) is 17.6. The molecule has 7 heteroatoms. The number of aromatic nitrogens is 1. The van der Waals surface area contributed by atoms with Crippen LogP contribution in [0.5, 0.6) is 0 Å². The zero-order valence-corrected chi connectivity index (χ0v) is 15.7. The molecule has 0 aromatic carbocycles. The second kappa shape index (κ2) is 8.25. The van der Waals surface area contributed by atoms with Gasteiger partial charge in [-0.1, -0.05) is 19.3 Å². The van der Waals surface area contributed by atoms with Gasteiger partial charge in [-0.3, -0.25) is 4.79 Å². The molecular formula is C17H25N3O2S2. The minimum atomic E-state index is -0.0828. The molecule has 1 aromatic rings. The maximum atomic E-state index is 11.9. The third-order valence-corrected chi connectivity index (χ3v) is 5.98.